The minimum atomic E-state index is -0.748. The number of aliphatic hydroxyl groups is 3. The largest absolute Gasteiger partial charge is 0.481 e. The van der Waals surface area contributed by atoms with Gasteiger partial charge in [0.2, 0.25) is 0 Å². The fraction of sp³-hybridized carbons (Fsp3) is 0.958. The first kappa shape index (κ1) is 21.6. The van der Waals surface area contributed by atoms with Crippen molar-refractivity contribution in [2.45, 2.75) is 96.9 Å². The van der Waals surface area contributed by atoms with Crippen molar-refractivity contribution in [3.63, 3.8) is 0 Å². The maximum atomic E-state index is 11.5. The van der Waals surface area contributed by atoms with E-state index >= 15 is 0 Å². The van der Waals surface area contributed by atoms with E-state index in [9.17, 15) is 20.1 Å². The number of fused-ring (bicyclic) bond motifs is 5. The molecule has 0 unspecified atom stereocenters. The van der Waals surface area contributed by atoms with E-state index in [2.05, 4.69) is 20.8 Å². The summed E-state index contributed by atoms with van der Waals surface area (Å²) in [5, 5.41) is 42.0. The van der Waals surface area contributed by atoms with Gasteiger partial charge >= 0.3 is 5.97 Å². The van der Waals surface area contributed by atoms with Crippen LogP contribution in [0.2, 0.25) is 0 Å². The van der Waals surface area contributed by atoms with Crippen LogP contribution in [-0.4, -0.2) is 44.7 Å². The third kappa shape index (κ3) is 3.27. The first-order valence-corrected chi connectivity index (χ1v) is 11.8. The third-order valence-electron chi connectivity index (χ3n) is 10.3. The molecule has 166 valence electrons. The second-order valence-corrected chi connectivity index (χ2v) is 11.4. The van der Waals surface area contributed by atoms with E-state index in [1.54, 1.807) is 0 Å². The maximum absolute atomic E-state index is 11.5. The summed E-state index contributed by atoms with van der Waals surface area (Å²) >= 11 is 0. The Labute approximate surface area is 174 Å². The zero-order chi connectivity index (χ0) is 21.1. The lowest BCUT2D eigenvalue weighted by molar-refractivity contribution is -0.207. The van der Waals surface area contributed by atoms with Crippen LogP contribution in [-0.2, 0) is 4.79 Å². The second kappa shape index (κ2) is 7.49. The summed E-state index contributed by atoms with van der Waals surface area (Å²) in [4.78, 5) is 11.1. The van der Waals surface area contributed by atoms with E-state index in [0.717, 1.165) is 44.9 Å². The van der Waals surface area contributed by atoms with Gasteiger partial charge in [-0.2, -0.15) is 0 Å². The number of hydrogen-bond donors (Lipinski definition) is 4. The van der Waals surface area contributed by atoms with E-state index in [1.165, 1.54) is 0 Å². The molecule has 5 heteroatoms. The molecule has 11 atom stereocenters. The Bertz CT molecular complexity index is 637. The Morgan fingerprint density at radius 1 is 1.03 bits per heavy atom. The number of aliphatic carboxylic acids is 1. The van der Waals surface area contributed by atoms with Gasteiger partial charge in [-0.15, -0.1) is 0 Å². The lowest BCUT2D eigenvalue weighted by atomic mass is 9.43. The summed E-state index contributed by atoms with van der Waals surface area (Å²) < 4.78 is 0. The first-order valence-electron chi connectivity index (χ1n) is 11.8. The summed E-state index contributed by atoms with van der Waals surface area (Å²) in [6.07, 6.45) is 6.00. The fourth-order valence-electron chi connectivity index (χ4n) is 8.68. The fourth-order valence-corrected chi connectivity index (χ4v) is 8.68. The van der Waals surface area contributed by atoms with Crippen molar-refractivity contribution in [2.24, 2.45) is 46.3 Å². The van der Waals surface area contributed by atoms with Crippen LogP contribution in [0.15, 0.2) is 0 Å². The molecule has 0 spiro atoms. The van der Waals surface area contributed by atoms with Gasteiger partial charge in [0.15, 0.2) is 0 Å². The van der Waals surface area contributed by atoms with Crippen LogP contribution in [0.4, 0.5) is 0 Å². The Hall–Kier alpha value is -0.650. The lowest BCUT2D eigenvalue weighted by Crippen LogP contribution is -2.62. The molecule has 4 rings (SSSR count). The SMILES string of the molecule is C[C@@H](CCC(=O)O)[C@H]1CC[C@H]2[C@@H]3[C@H](O)C[C@H]4C[C@H](O)CC[C@]4(C)[C@H]3C[C@H](O)[C@]12C. The van der Waals surface area contributed by atoms with E-state index in [0.29, 0.717) is 30.1 Å². The van der Waals surface area contributed by atoms with Gasteiger partial charge in [-0.1, -0.05) is 20.8 Å². The zero-order valence-corrected chi connectivity index (χ0v) is 18.3. The van der Waals surface area contributed by atoms with Crippen LogP contribution in [0.1, 0.15) is 78.6 Å². The maximum Gasteiger partial charge on any atom is 0.303 e. The summed E-state index contributed by atoms with van der Waals surface area (Å²) in [5.74, 6) is 0.997. The van der Waals surface area contributed by atoms with Crippen LogP contribution in [0.5, 0.6) is 0 Å². The van der Waals surface area contributed by atoms with Gasteiger partial charge < -0.3 is 20.4 Å². The van der Waals surface area contributed by atoms with Crippen molar-refractivity contribution in [3.8, 4) is 0 Å². The van der Waals surface area contributed by atoms with Gasteiger partial charge in [0.1, 0.15) is 0 Å². The summed E-state index contributed by atoms with van der Waals surface area (Å²) in [7, 11) is 0. The molecular formula is C24H40O5. The molecule has 0 aromatic rings. The summed E-state index contributed by atoms with van der Waals surface area (Å²) in [6.45, 7) is 6.72. The average molecular weight is 409 g/mol. The Morgan fingerprint density at radius 2 is 1.76 bits per heavy atom. The number of carboxylic acid groups (broad SMARTS) is 1. The van der Waals surface area contributed by atoms with E-state index in [1.807, 2.05) is 0 Å². The van der Waals surface area contributed by atoms with Gasteiger partial charge in [-0.25, -0.2) is 0 Å². The van der Waals surface area contributed by atoms with Crippen LogP contribution in [0.25, 0.3) is 0 Å². The molecule has 0 saturated heterocycles. The monoisotopic (exact) mass is 408 g/mol. The van der Waals surface area contributed by atoms with Crippen molar-refractivity contribution in [3.05, 3.63) is 0 Å². The highest BCUT2D eigenvalue weighted by Gasteiger charge is 2.65. The van der Waals surface area contributed by atoms with Crippen molar-refractivity contribution in [1.82, 2.24) is 0 Å². The molecule has 0 aromatic carbocycles. The number of carbonyl (C=O) groups is 1. The second-order valence-electron chi connectivity index (χ2n) is 11.4. The van der Waals surface area contributed by atoms with Crippen molar-refractivity contribution in [1.29, 1.82) is 0 Å². The van der Waals surface area contributed by atoms with Crippen LogP contribution in [0.3, 0.4) is 0 Å². The molecule has 4 fully saturated rings. The first-order chi connectivity index (χ1) is 13.6. The predicted molar refractivity (Wildman–Crippen MR) is 110 cm³/mol. The minimum absolute atomic E-state index is 0.0957. The molecule has 0 radical (unpaired) electrons. The highest BCUT2D eigenvalue weighted by molar-refractivity contribution is 5.66. The van der Waals surface area contributed by atoms with E-state index in [4.69, 9.17) is 5.11 Å². The Balaban J connectivity index is 1.61. The minimum Gasteiger partial charge on any atom is -0.481 e. The van der Waals surface area contributed by atoms with Crippen molar-refractivity contribution < 1.29 is 25.2 Å². The van der Waals surface area contributed by atoms with Gasteiger partial charge in [-0.05, 0) is 97.7 Å². The number of carboxylic acids is 1. The highest BCUT2D eigenvalue weighted by Crippen LogP contribution is 2.68. The molecule has 0 bridgehead atoms. The smallest absolute Gasteiger partial charge is 0.303 e. The van der Waals surface area contributed by atoms with Gasteiger partial charge in [-0.3, -0.25) is 4.79 Å². The third-order valence-corrected chi connectivity index (χ3v) is 10.3. The Morgan fingerprint density at radius 3 is 2.45 bits per heavy atom. The quantitative estimate of drug-likeness (QED) is 0.571. The highest BCUT2D eigenvalue weighted by atomic mass is 16.4. The molecule has 4 N–H and O–H groups in total. The molecule has 4 aliphatic carbocycles. The molecule has 0 amide bonds. The predicted octanol–water partition coefficient (Wildman–Crippen LogP) is 3.45. The van der Waals surface area contributed by atoms with E-state index < -0.39 is 12.1 Å². The average Bonchev–Trinajstić information content (AvgIpc) is 3.01. The molecule has 29 heavy (non-hydrogen) atoms. The van der Waals surface area contributed by atoms with Crippen molar-refractivity contribution >= 4 is 5.97 Å². The molecule has 0 heterocycles. The molecule has 4 aliphatic rings. The number of hydrogen-bond acceptors (Lipinski definition) is 4. The van der Waals surface area contributed by atoms with Crippen molar-refractivity contribution in [2.75, 3.05) is 0 Å². The van der Waals surface area contributed by atoms with E-state index in [-0.39, 0.29) is 41.3 Å². The normalized spacial score (nSPS) is 52.9. The molecule has 4 saturated carbocycles. The molecular weight excluding hydrogens is 368 g/mol. The molecule has 0 aliphatic heterocycles. The summed E-state index contributed by atoms with van der Waals surface area (Å²) in [6, 6.07) is 0. The van der Waals surface area contributed by atoms with Gasteiger partial charge in [0, 0.05) is 6.42 Å². The lowest BCUT2D eigenvalue weighted by Gasteiger charge is -2.63. The standard InChI is InChI=1S/C24H40O5/c1-13(4-7-21(28)29)16-5-6-17-22-18(12-20(27)24(16,17)3)23(2)9-8-15(25)10-14(23)11-19(22)26/h13-20,22,25-27H,4-12H2,1-3H3,(H,28,29)/t13-,14+,15+,16+,17-,18-,19+,20-,22-,23-,24+/m0/s1. The van der Waals surface area contributed by atoms with Gasteiger partial charge in [0.05, 0.1) is 18.3 Å². The summed E-state index contributed by atoms with van der Waals surface area (Å²) in [5.41, 5.74) is -0.143. The number of aliphatic hydroxyl groups excluding tert-OH is 3. The molecule has 5 nitrogen and oxygen atoms in total. The topological polar surface area (TPSA) is 98.0 Å². The van der Waals surface area contributed by atoms with Crippen LogP contribution in [0, 0.1) is 46.3 Å². The zero-order valence-electron chi connectivity index (χ0n) is 18.3. The van der Waals surface area contributed by atoms with Crippen LogP contribution >= 0.6 is 0 Å². The van der Waals surface area contributed by atoms with Crippen LogP contribution < -0.4 is 0 Å². The van der Waals surface area contributed by atoms with Gasteiger partial charge in [0.25, 0.3) is 0 Å². The number of rotatable bonds is 4. The molecule has 0 aromatic heterocycles. The Kier molecular flexibility index (Phi) is 5.57.